The van der Waals surface area contributed by atoms with Gasteiger partial charge in [0.15, 0.2) is 0 Å². The highest BCUT2D eigenvalue weighted by molar-refractivity contribution is 5.21. The smallest absolute Gasteiger partial charge is 0.0231 e. The van der Waals surface area contributed by atoms with Crippen molar-refractivity contribution < 1.29 is 0 Å². The van der Waals surface area contributed by atoms with Gasteiger partial charge in [0.1, 0.15) is 0 Å². The van der Waals surface area contributed by atoms with Gasteiger partial charge in [-0.1, -0.05) is 36.8 Å². The van der Waals surface area contributed by atoms with E-state index in [1.807, 2.05) is 0 Å². The number of nitrogens with zero attached hydrogens (tertiary/aromatic N) is 1. The molecule has 2 heteroatoms. The highest BCUT2D eigenvalue weighted by atomic mass is 15.1. The van der Waals surface area contributed by atoms with Crippen molar-refractivity contribution in [3.05, 3.63) is 35.4 Å². The van der Waals surface area contributed by atoms with Crippen LogP contribution in [-0.4, -0.2) is 31.6 Å². The van der Waals surface area contributed by atoms with Crippen molar-refractivity contribution in [3.63, 3.8) is 0 Å². The minimum absolute atomic E-state index is 1.04. The number of likely N-dealkylation sites (N-methyl/N-ethyl adjacent to an activating group) is 1. The molecule has 1 aromatic rings. The fraction of sp³-hybridized carbons (Fsp3) is 0.571. The number of rotatable bonds is 7. The molecule has 2 nitrogen and oxygen atoms in total. The second-order valence-electron chi connectivity index (χ2n) is 4.48. The highest BCUT2D eigenvalue weighted by Crippen LogP contribution is 2.05. The summed E-state index contributed by atoms with van der Waals surface area (Å²) in [6, 6.07) is 8.74. The monoisotopic (exact) mass is 220 g/mol. The third-order valence-corrected chi connectivity index (χ3v) is 2.63. The predicted molar refractivity (Wildman–Crippen MR) is 70.7 cm³/mol. The first-order chi connectivity index (χ1) is 7.72. The maximum absolute atomic E-state index is 3.42. The Balaban J connectivity index is 2.25. The molecule has 0 heterocycles. The number of aryl methyl sites for hydroxylation is 1. The minimum atomic E-state index is 1.04. The van der Waals surface area contributed by atoms with Gasteiger partial charge in [0, 0.05) is 19.6 Å². The largest absolute Gasteiger partial charge is 0.315 e. The van der Waals surface area contributed by atoms with E-state index in [4.69, 9.17) is 0 Å². The standard InChI is InChI=1S/C14H24N2/c1-4-8-15-9-10-16(3)12-14-7-5-6-13(2)11-14/h5-7,11,15H,4,8-10,12H2,1-3H3. The van der Waals surface area contributed by atoms with Gasteiger partial charge in [0.05, 0.1) is 0 Å². The molecule has 1 aromatic carbocycles. The molecule has 0 bridgehead atoms. The molecule has 0 saturated carbocycles. The van der Waals surface area contributed by atoms with Gasteiger partial charge in [-0.2, -0.15) is 0 Å². The van der Waals surface area contributed by atoms with Crippen LogP contribution in [0.25, 0.3) is 0 Å². The lowest BCUT2D eigenvalue weighted by molar-refractivity contribution is 0.324. The molecular weight excluding hydrogens is 196 g/mol. The first-order valence-corrected chi connectivity index (χ1v) is 6.17. The van der Waals surface area contributed by atoms with E-state index >= 15 is 0 Å². The average molecular weight is 220 g/mol. The van der Waals surface area contributed by atoms with Crippen molar-refractivity contribution in [2.75, 3.05) is 26.7 Å². The van der Waals surface area contributed by atoms with Crippen molar-refractivity contribution in [1.82, 2.24) is 10.2 Å². The van der Waals surface area contributed by atoms with E-state index in [9.17, 15) is 0 Å². The molecule has 0 fully saturated rings. The maximum atomic E-state index is 3.42. The zero-order chi connectivity index (χ0) is 11.8. The molecule has 0 aliphatic carbocycles. The molecule has 0 aliphatic rings. The molecular formula is C14H24N2. The Morgan fingerprint density at radius 2 is 2.06 bits per heavy atom. The van der Waals surface area contributed by atoms with E-state index in [1.165, 1.54) is 17.5 Å². The summed E-state index contributed by atoms with van der Waals surface area (Å²) in [4.78, 5) is 2.36. The molecule has 0 aromatic heterocycles. The predicted octanol–water partition coefficient (Wildman–Crippen LogP) is 2.43. The van der Waals surface area contributed by atoms with E-state index in [0.29, 0.717) is 0 Å². The fourth-order valence-corrected chi connectivity index (χ4v) is 1.77. The summed E-state index contributed by atoms with van der Waals surface area (Å²) in [6.07, 6.45) is 1.21. The van der Waals surface area contributed by atoms with Gasteiger partial charge >= 0.3 is 0 Å². The summed E-state index contributed by atoms with van der Waals surface area (Å²) in [7, 11) is 2.18. The Morgan fingerprint density at radius 1 is 1.25 bits per heavy atom. The number of hydrogen-bond acceptors (Lipinski definition) is 2. The van der Waals surface area contributed by atoms with Crippen LogP contribution in [0.15, 0.2) is 24.3 Å². The van der Waals surface area contributed by atoms with Gasteiger partial charge in [0.2, 0.25) is 0 Å². The van der Waals surface area contributed by atoms with E-state index in [-0.39, 0.29) is 0 Å². The molecule has 0 aliphatic heterocycles. The number of hydrogen-bond donors (Lipinski definition) is 1. The van der Waals surface area contributed by atoms with Gasteiger partial charge in [-0.25, -0.2) is 0 Å². The third-order valence-electron chi connectivity index (χ3n) is 2.63. The van der Waals surface area contributed by atoms with Crippen LogP contribution in [0.2, 0.25) is 0 Å². The van der Waals surface area contributed by atoms with Crippen molar-refractivity contribution in [1.29, 1.82) is 0 Å². The highest BCUT2D eigenvalue weighted by Gasteiger charge is 1.99. The summed E-state index contributed by atoms with van der Waals surface area (Å²) in [5.41, 5.74) is 2.74. The second-order valence-corrected chi connectivity index (χ2v) is 4.48. The van der Waals surface area contributed by atoms with Gasteiger partial charge in [-0.05, 0) is 32.5 Å². The van der Waals surface area contributed by atoms with Crippen LogP contribution in [0.3, 0.4) is 0 Å². The van der Waals surface area contributed by atoms with Crippen LogP contribution in [-0.2, 0) is 6.54 Å². The number of benzene rings is 1. The lowest BCUT2D eigenvalue weighted by atomic mass is 10.1. The first-order valence-electron chi connectivity index (χ1n) is 6.17. The van der Waals surface area contributed by atoms with Crippen molar-refractivity contribution in [3.8, 4) is 0 Å². The minimum Gasteiger partial charge on any atom is -0.315 e. The molecule has 16 heavy (non-hydrogen) atoms. The number of nitrogens with one attached hydrogen (secondary N) is 1. The van der Waals surface area contributed by atoms with Crippen molar-refractivity contribution >= 4 is 0 Å². The molecule has 0 atom stereocenters. The molecule has 0 unspecified atom stereocenters. The van der Waals surface area contributed by atoms with Crippen LogP contribution in [0, 0.1) is 6.92 Å². The summed E-state index contributed by atoms with van der Waals surface area (Å²) >= 11 is 0. The molecule has 0 amide bonds. The summed E-state index contributed by atoms with van der Waals surface area (Å²) in [5.74, 6) is 0. The van der Waals surface area contributed by atoms with Crippen LogP contribution < -0.4 is 5.32 Å². The zero-order valence-corrected chi connectivity index (χ0v) is 10.8. The van der Waals surface area contributed by atoms with E-state index in [0.717, 1.165) is 26.2 Å². The van der Waals surface area contributed by atoms with Crippen LogP contribution >= 0.6 is 0 Å². The molecule has 1 rings (SSSR count). The van der Waals surface area contributed by atoms with Crippen molar-refractivity contribution in [2.45, 2.75) is 26.8 Å². The maximum Gasteiger partial charge on any atom is 0.0231 e. The quantitative estimate of drug-likeness (QED) is 0.710. The van der Waals surface area contributed by atoms with Gasteiger partial charge in [-0.3, -0.25) is 0 Å². The summed E-state index contributed by atoms with van der Waals surface area (Å²) in [5, 5.41) is 3.42. The Bertz CT molecular complexity index is 297. The molecule has 0 saturated heterocycles. The molecule has 1 N–H and O–H groups in total. The van der Waals surface area contributed by atoms with E-state index < -0.39 is 0 Å². The fourth-order valence-electron chi connectivity index (χ4n) is 1.77. The van der Waals surface area contributed by atoms with Crippen LogP contribution in [0.5, 0.6) is 0 Å². The van der Waals surface area contributed by atoms with Crippen molar-refractivity contribution in [2.24, 2.45) is 0 Å². The van der Waals surface area contributed by atoms with E-state index in [1.54, 1.807) is 0 Å². The average Bonchev–Trinajstić information content (AvgIpc) is 2.24. The normalized spacial score (nSPS) is 11.0. The Labute approximate surface area is 99.7 Å². The van der Waals surface area contributed by atoms with Crippen LogP contribution in [0.1, 0.15) is 24.5 Å². The molecule has 0 radical (unpaired) electrons. The van der Waals surface area contributed by atoms with Gasteiger partial charge in [0.25, 0.3) is 0 Å². The van der Waals surface area contributed by atoms with E-state index in [2.05, 4.69) is 55.4 Å². The van der Waals surface area contributed by atoms with Gasteiger partial charge in [-0.15, -0.1) is 0 Å². The third kappa shape index (κ3) is 5.29. The zero-order valence-electron chi connectivity index (χ0n) is 10.8. The lowest BCUT2D eigenvalue weighted by Gasteiger charge is -2.17. The van der Waals surface area contributed by atoms with Gasteiger partial charge < -0.3 is 10.2 Å². The lowest BCUT2D eigenvalue weighted by Crippen LogP contribution is -2.29. The Kier molecular flexibility index (Phi) is 6.12. The SMILES string of the molecule is CCCNCCN(C)Cc1cccc(C)c1. The summed E-state index contributed by atoms with van der Waals surface area (Å²) in [6.45, 7) is 8.69. The van der Waals surface area contributed by atoms with Crippen LogP contribution in [0.4, 0.5) is 0 Å². The first kappa shape index (κ1) is 13.2. The Morgan fingerprint density at radius 3 is 2.75 bits per heavy atom. The summed E-state index contributed by atoms with van der Waals surface area (Å²) < 4.78 is 0. The molecule has 0 spiro atoms. The second kappa shape index (κ2) is 7.42. The topological polar surface area (TPSA) is 15.3 Å². The Hall–Kier alpha value is -0.860. The molecule has 90 valence electrons.